The highest BCUT2D eigenvalue weighted by molar-refractivity contribution is 6.99. The van der Waals surface area contributed by atoms with Crippen LogP contribution in [0.3, 0.4) is 0 Å². The highest BCUT2D eigenvalue weighted by Crippen LogP contribution is 2.37. The number of hydrogen-bond donors (Lipinski definition) is 1. The third kappa shape index (κ3) is 3.97. The predicted octanol–water partition coefficient (Wildman–Crippen LogP) is 3.72. The van der Waals surface area contributed by atoms with E-state index in [1.807, 2.05) is 6.92 Å². The average molecular weight is 343 g/mol. The number of benzene rings is 2. The number of hydrogen-bond acceptors (Lipinski definition) is 2. The molecule has 0 heterocycles. The van der Waals surface area contributed by atoms with Crippen LogP contribution in [0.15, 0.2) is 60.7 Å². The fourth-order valence-corrected chi connectivity index (χ4v) is 8.24. The van der Waals surface area contributed by atoms with Crippen molar-refractivity contribution in [3.63, 3.8) is 0 Å². The third-order valence-electron chi connectivity index (χ3n) is 4.47. The molecule has 0 bridgehead atoms. The molecule has 0 amide bonds. The molecule has 0 spiro atoms. The van der Waals surface area contributed by atoms with Crippen LogP contribution in [-0.2, 0) is 4.43 Å². The van der Waals surface area contributed by atoms with Crippen LogP contribution in [0.25, 0.3) is 0 Å². The topological polar surface area (TPSA) is 29.5 Å². The van der Waals surface area contributed by atoms with Crippen LogP contribution < -0.4 is 10.4 Å². The Labute approximate surface area is 147 Å². The van der Waals surface area contributed by atoms with Gasteiger partial charge in [0.15, 0.2) is 0 Å². The van der Waals surface area contributed by atoms with Crippen LogP contribution in [0.1, 0.15) is 41.0 Å². The molecule has 0 saturated heterocycles. The molecule has 1 N–H and O–H groups in total. The van der Waals surface area contributed by atoms with Crippen LogP contribution in [0.2, 0.25) is 5.04 Å². The molecule has 2 unspecified atom stereocenters. The van der Waals surface area contributed by atoms with Crippen molar-refractivity contribution < 1.29 is 9.53 Å². The molecule has 0 aromatic heterocycles. The zero-order valence-corrected chi connectivity index (χ0v) is 16.5. The first-order valence-corrected chi connectivity index (χ1v) is 10.6. The Morgan fingerprint density at radius 3 is 1.62 bits per heavy atom. The third-order valence-corrected chi connectivity index (χ3v) is 9.63. The lowest BCUT2D eigenvalue weighted by molar-refractivity contribution is 0.109. The summed E-state index contributed by atoms with van der Waals surface area (Å²) < 4.78 is 6.86. The van der Waals surface area contributed by atoms with E-state index >= 15 is 0 Å². The van der Waals surface area contributed by atoms with Crippen LogP contribution in [0.4, 0.5) is 0 Å². The first-order chi connectivity index (χ1) is 11.3. The summed E-state index contributed by atoms with van der Waals surface area (Å²) >= 11 is 0. The van der Waals surface area contributed by atoms with Gasteiger partial charge >= 0.3 is 0 Å². The average Bonchev–Trinajstić information content (AvgIpc) is 2.52. The smallest absolute Gasteiger partial charge is 0.261 e. The molecule has 2 atom stereocenters. The Morgan fingerprint density at radius 1 is 0.875 bits per heavy atom. The van der Waals surface area contributed by atoms with Gasteiger partial charge in [0.25, 0.3) is 8.32 Å². The highest BCUT2D eigenvalue weighted by Gasteiger charge is 2.50. The van der Waals surface area contributed by atoms with E-state index in [9.17, 15) is 5.11 Å². The molecular formula is C21H30O2Si. The molecule has 2 rings (SSSR count). The summed E-state index contributed by atoms with van der Waals surface area (Å²) in [5.41, 5.74) is 0. The van der Waals surface area contributed by atoms with Crippen molar-refractivity contribution in [3.8, 4) is 0 Å². The monoisotopic (exact) mass is 342 g/mol. The van der Waals surface area contributed by atoms with Gasteiger partial charge in [-0.25, -0.2) is 0 Å². The van der Waals surface area contributed by atoms with E-state index in [1.54, 1.807) is 0 Å². The molecule has 0 aliphatic heterocycles. The lowest BCUT2D eigenvalue weighted by atomic mass is 10.2. The first-order valence-electron chi connectivity index (χ1n) is 8.74. The molecule has 0 saturated carbocycles. The summed E-state index contributed by atoms with van der Waals surface area (Å²) in [6, 6.07) is 21.2. The summed E-state index contributed by atoms with van der Waals surface area (Å²) in [6.45, 7) is 10.7. The van der Waals surface area contributed by atoms with E-state index in [1.165, 1.54) is 10.4 Å². The van der Waals surface area contributed by atoms with Gasteiger partial charge in [-0.05, 0) is 35.7 Å². The molecule has 2 aromatic carbocycles. The summed E-state index contributed by atoms with van der Waals surface area (Å²) in [6.07, 6.45) is 0.277. The van der Waals surface area contributed by atoms with Crippen molar-refractivity contribution in [2.75, 3.05) is 0 Å². The highest BCUT2D eigenvalue weighted by atomic mass is 28.4. The maximum Gasteiger partial charge on any atom is 0.261 e. The molecule has 3 heteroatoms. The normalized spacial score (nSPS) is 15.1. The van der Waals surface area contributed by atoms with Gasteiger partial charge in [-0.15, -0.1) is 0 Å². The minimum Gasteiger partial charge on any atom is -0.405 e. The lowest BCUT2D eigenvalue weighted by Gasteiger charge is -2.44. The summed E-state index contributed by atoms with van der Waals surface area (Å²) in [4.78, 5) is 0. The number of aliphatic hydroxyl groups excluding tert-OH is 1. The largest absolute Gasteiger partial charge is 0.405 e. The molecule has 0 aliphatic rings. The molecular weight excluding hydrogens is 312 g/mol. The van der Waals surface area contributed by atoms with Gasteiger partial charge in [-0.3, -0.25) is 0 Å². The van der Waals surface area contributed by atoms with Gasteiger partial charge in [0.05, 0.1) is 6.10 Å². The van der Waals surface area contributed by atoms with Crippen molar-refractivity contribution in [1.29, 1.82) is 0 Å². The van der Waals surface area contributed by atoms with E-state index in [0.29, 0.717) is 6.42 Å². The van der Waals surface area contributed by atoms with Gasteiger partial charge in [-0.2, -0.15) is 0 Å². The van der Waals surface area contributed by atoms with E-state index in [2.05, 4.69) is 88.4 Å². The minimum atomic E-state index is -2.49. The molecule has 24 heavy (non-hydrogen) atoms. The zero-order chi connectivity index (χ0) is 17.8. The Hall–Kier alpha value is -1.42. The van der Waals surface area contributed by atoms with Crippen LogP contribution >= 0.6 is 0 Å². The van der Waals surface area contributed by atoms with Crippen molar-refractivity contribution in [2.45, 2.75) is 58.3 Å². The van der Waals surface area contributed by atoms with Gasteiger partial charge < -0.3 is 9.53 Å². The van der Waals surface area contributed by atoms with Gasteiger partial charge in [0.1, 0.15) is 0 Å². The summed E-state index contributed by atoms with van der Waals surface area (Å²) in [5, 5.41) is 12.3. The Morgan fingerprint density at radius 2 is 1.29 bits per heavy atom. The van der Waals surface area contributed by atoms with E-state index < -0.39 is 8.32 Å². The predicted molar refractivity (Wildman–Crippen MR) is 104 cm³/mol. The van der Waals surface area contributed by atoms with Crippen molar-refractivity contribution in [1.82, 2.24) is 0 Å². The van der Waals surface area contributed by atoms with Gasteiger partial charge in [0.2, 0.25) is 0 Å². The van der Waals surface area contributed by atoms with Gasteiger partial charge in [0, 0.05) is 6.10 Å². The SMILES string of the molecule is CC(O)CC(C)O[Si](c1ccccc1)(c1ccccc1)C(C)(C)C. The number of rotatable bonds is 6. The fourth-order valence-electron chi connectivity index (χ4n) is 3.52. The first kappa shape index (κ1) is 18.9. The molecule has 2 aromatic rings. The standard InChI is InChI=1S/C21H30O2Si/c1-17(22)16-18(2)23-24(21(3,4)5,19-12-8-6-9-13-19)20-14-10-7-11-15-20/h6-15,17-18,22H,16H2,1-5H3. The summed E-state index contributed by atoms with van der Waals surface area (Å²) in [7, 11) is -2.49. The molecule has 0 fully saturated rings. The molecule has 0 radical (unpaired) electrons. The Balaban J connectivity index is 2.62. The molecule has 2 nitrogen and oxygen atoms in total. The molecule has 130 valence electrons. The summed E-state index contributed by atoms with van der Waals surface area (Å²) in [5.74, 6) is 0. The minimum absolute atomic E-state index is 0.00342. The lowest BCUT2D eigenvalue weighted by Crippen LogP contribution is -2.67. The van der Waals surface area contributed by atoms with Gasteiger partial charge in [-0.1, -0.05) is 81.4 Å². The fraction of sp³-hybridized carbons (Fsp3) is 0.429. The van der Waals surface area contributed by atoms with Crippen LogP contribution in [0, 0.1) is 0 Å². The van der Waals surface area contributed by atoms with Crippen molar-refractivity contribution in [2.24, 2.45) is 0 Å². The molecule has 0 aliphatic carbocycles. The second-order valence-corrected chi connectivity index (χ2v) is 11.9. The maximum atomic E-state index is 9.80. The van der Waals surface area contributed by atoms with Crippen molar-refractivity contribution in [3.05, 3.63) is 60.7 Å². The maximum absolute atomic E-state index is 9.80. The Kier molecular flexibility index (Phi) is 6.02. The van der Waals surface area contributed by atoms with E-state index in [4.69, 9.17) is 4.43 Å². The quantitative estimate of drug-likeness (QED) is 0.811. The Bertz CT molecular complexity index is 578. The van der Waals surface area contributed by atoms with Crippen LogP contribution in [-0.4, -0.2) is 25.6 Å². The zero-order valence-electron chi connectivity index (χ0n) is 15.5. The second kappa shape index (κ2) is 7.64. The van der Waals surface area contributed by atoms with E-state index in [-0.39, 0.29) is 17.2 Å². The second-order valence-electron chi connectivity index (χ2n) is 7.68. The van der Waals surface area contributed by atoms with E-state index in [0.717, 1.165) is 0 Å². The van der Waals surface area contributed by atoms with Crippen LogP contribution in [0.5, 0.6) is 0 Å². The number of aliphatic hydroxyl groups is 1. The van der Waals surface area contributed by atoms with Crippen molar-refractivity contribution >= 4 is 18.7 Å².